The molecule has 222 valence electrons. The minimum atomic E-state index is -0.619. The Bertz CT molecular complexity index is 465. The van der Waals surface area contributed by atoms with Crippen LogP contribution >= 0.6 is 0 Å². The summed E-state index contributed by atoms with van der Waals surface area (Å²) in [5.74, 6) is 0.325. The van der Waals surface area contributed by atoms with E-state index in [1.54, 1.807) is 6.92 Å². The lowest BCUT2D eigenvalue weighted by Gasteiger charge is -2.21. The number of carbonyl (C=O) groups is 1. The van der Waals surface area contributed by atoms with Crippen molar-refractivity contribution in [2.75, 3.05) is 13.2 Å². The van der Waals surface area contributed by atoms with Gasteiger partial charge in [-0.25, -0.2) is 0 Å². The predicted octanol–water partition coefficient (Wildman–Crippen LogP) is 9.94. The Morgan fingerprint density at radius 2 is 1.08 bits per heavy atom. The molecule has 0 saturated carbocycles. The van der Waals surface area contributed by atoms with Crippen LogP contribution in [-0.4, -0.2) is 36.5 Å². The highest BCUT2D eigenvalue weighted by Gasteiger charge is 2.18. The zero-order chi connectivity index (χ0) is 27.4. The Morgan fingerprint density at radius 1 is 0.622 bits per heavy atom. The number of carbonyl (C=O) groups excluding carboxylic acids is 1. The van der Waals surface area contributed by atoms with Crippen LogP contribution in [0.15, 0.2) is 0 Å². The van der Waals surface area contributed by atoms with Crippen molar-refractivity contribution in [2.45, 2.75) is 188 Å². The number of ether oxygens (including phenoxy) is 2. The Hall–Kier alpha value is -0.610. The van der Waals surface area contributed by atoms with Crippen LogP contribution in [0.5, 0.6) is 0 Å². The van der Waals surface area contributed by atoms with Gasteiger partial charge < -0.3 is 14.6 Å². The van der Waals surface area contributed by atoms with E-state index in [1.807, 2.05) is 0 Å². The van der Waals surface area contributed by atoms with E-state index in [0.29, 0.717) is 12.3 Å². The summed E-state index contributed by atoms with van der Waals surface area (Å²) in [6.45, 7) is 9.19. The summed E-state index contributed by atoms with van der Waals surface area (Å²) in [6.07, 6.45) is 28.6. The normalized spacial score (nSPS) is 14.0. The van der Waals surface area contributed by atoms with Crippen molar-refractivity contribution in [1.29, 1.82) is 0 Å². The fraction of sp³-hybridized carbons (Fsp3) is 0.970. The molecule has 0 saturated heterocycles. The molecule has 0 amide bonds. The molecule has 0 radical (unpaired) electrons. The van der Waals surface area contributed by atoms with Gasteiger partial charge in [0.25, 0.3) is 0 Å². The third-order valence-corrected chi connectivity index (χ3v) is 7.62. The summed E-state index contributed by atoms with van der Waals surface area (Å²) in [6, 6.07) is 0. The standard InChI is InChI=1S/C33H66O4/c1-5-8-10-11-12-13-14-15-16-17-18-19-20-21-22-23-24-26-32(27-33(35)37-28-30(4)34)36-29-31(7-3)25-9-6-2/h30-32,34H,5-29H2,1-4H3. The van der Waals surface area contributed by atoms with Crippen molar-refractivity contribution in [3.05, 3.63) is 0 Å². The van der Waals surface area contributed by atoms with Gasteiger partial charge in [0, 0.05) is 6.61 Å². The van der Waals surface area contributed by atoms with Crippen molar-refractivity contribution >= 4 is 5.97 Å². The first-order chi connectivity index (χ1) is 18.0. The lowest BCUT2D eigenvalue weighted by molar-refractivity contribution is -0.150. The van der Waals surface area contributed by atoms with E-state index in [2.05, 4.69) is 20.8 Å². The summed E-state index contributed by atoms with van der Waals surface area (Å²) >= 11 is 0. The molecule has 0 heterocycles. The second kappa shape index (κ2) is 28.4. The first-order valence-electron chi connectivity index (χ1n) is 16.5. The molecule has 3 atom stereocenters. The van der Waals surface area contributed by atoms with Crippen molar-refractivity contribution in [2.24, 2.45) is 5.92 Å². The average Bonchev–Trinajstić information content (AvgIpc) is 2.89. The summed E-state index contributed by atoms with van der Waals surface area (Å²) in [5, 5.41) is 9.38. The van der Waals surface area contributed by atoms with E-state index >= 15 is 0 Å². The maximum Gasteiger partial charge on any atom is 0.308 e. The van der Waals surface area contributed by atoms with Crippen molar-refractivity contribution < 1.29 is 19.4 Å². The highest BCUT2D eigenvalue weighted by Crippen LogP contribution is 2.19. The number of aliphatic hydroxyl groups excluding tert-OH is 1. The molecule has 0 aliphatic heterocycles. The van der Waals surface area contributed by atoms with Crippen molar-refractivity contribution in [3.63, 3.8) is 0 Å². The number of unbranched alkanes of at least 4 members (excludes halogenated alkanes) is 17. The molecule has 37 heavy (non-hydrogen) atoms. The van der Waals surface area contributed by atoms with Crippen LogP contribution in [0.1, 0.15) is 175 Å². The monoisotopic (exact) mass is 526 g/mol. The first-order valence-corrected chi connectivity index (χ1v) is 16.5. The van der Waals surface area contributed by atoms with Gasteiger partial charge in [-0.3, -0.25) is 4.79 Å². The number of aliphatic hydroxyl groups is 1. The molecule has 3 unspecified atom stereocenters. The zero-order valence-electron chi connectivity index (χ0n) is 25.6. The minimum absolute atomic E-state index is 0.0616. The number of rotatable bonds is 29. The molecule has 0 bridgehead atoms. The molecule has 0 spiro atoms. The Balaban J connectivity index is 3.88. The molecule has 0 aromatic heterocycles. The van der Waals surface area contributed by atoms with Crippen LogP contribution in [0.25, 0.3) is 0 Å². The Kier molecular flexibility index (Phi) is 27.9. The minimum Gasteiger partial charge on any atom is -0.463 e. The molecular formula is C33H66O4. The average molecular weight is 527 g/mol. The maximum absolute atomic E-state index is 12.2. The van der Waals surface area contributed by atoms with Gasteiger partial charge in [-0.15, -0.1) is 0 Å². The Labute approximate surface area is 232 Å². The first kappa shape index (κ1) is 36.4. The van der Waals surface area contributed by atoms with Gasteiger partial charge in [0.2, 0.25) is 0 Å². The summed E-state index contributed by atoms with van der Waals surface area (Å²) in [5.41, 5.74) is 0. The van der Waals surface area contributed by atoms with E-state index in [0.717, 1.165) is 25.9 Å². The highest BCUT2D eigenvalue weighted by molar-refractivity contribution is 5.69. The molecule has 4 nitrogen and oxygen atoms in total. The smallest absolute Gasteiger partial charge is 0.308 e. The number of esters is 1. The lowest BCUT2D eigenvalue weighted by atomic mass is 10.00. The molecule has 0 aliphatic carbocycles. The van der Waals surface area contributed by atoms with E-state index in [-0.39, 0.29) is 18.7 Å². The van der Waals surface area contributed by atoms with Crippen LogP contribution in [0.2, 0.25) is 0 Å². The fourth-order valence-corrected chi connectivity index (χ4v) is 4.97. The third kappa shape index (κ3) is 26.8. The van der Waals surface area contributed by atoms with Gasteiger partial charge in [0.15, 0.2) is 0 Å². The fourth-order valence-electron chi connectivity index (χ4n) is 4.97. The van der Waals surface area contributed by atoms with E-state index in [9.17, 15) is 9.90 Å². The van der Waals surface area contributed by atoms with Crippen LogP contribution in [0, 0.1) is 5.92 Å². The van der Waals surface area contributed by atoms with Crippen LogP contribution in [-0.2, 0) is 14.3 Å². The number of hydrogen-bond acceptors (Lipinski definition) is 4. The maximum atomic E-state index is 12.2. The SMILES string of the molecule is CCCCCCCCCCCCCCCCCCCC(CC(=O)OCC(C)O)OCC(CC)CCCC. The quantitative estimate of drug-likeness (QED) is 0.0778. The molecule has 4 heteroatoms. The van der Waals surface area contributed by atoms with Gasteiger partial charge >= 0.3 is 5.97 Å². The van der Waals surface area contributed by atoms with Crippen LogP contribution in [0.4, 0.5) is 0 Å². The highest BCUT2D eigenvalue weighted by atomic mass is 16.5. The van der Waals surface area contributed by atoms with Gasteiger partial charge in [-0.1, -0.05) is 149 Å². The van der Waals surface area contributed by atoms with Crippen LogP contribution < -0.4 is 0 Å². The van der Waals surface area contributed by atoms with Crippen LogP contribution in [0.3, 0.4) is 0 Å². The summed E-state index contributed by atoms with van der Waals surface area (Å²) in [4.78, 5) is 12.2. The third-order valence-electron chi connectivity index (χ3n) is 7.62. The van der Waals surface area contributed by atoms with E-state index in [4.69, 9.17) is 9.47 Å². The predicted molar refractivity (Wildman–Crippen MR) is 159 cm³/mol. The molecule has 0 aromatic rings. The van der Waals surface area contributed by atoms with E-state index < -0.39 is 6.10 Å². The molecule has 0 fully saturated rings. The van der Waals surface area contributed by atoms with Crippen molar-refractivity contribution in [1.82, 2.24) is 0 Å². The lowest BCUT2D eigenvalue weighted by Crippen LogP contribution is -2.24. The topological polar surface area (TPSA) is 55.8 Å². The molecule has 1 N–H and O–H groups in total. The second-order valence-electron chi connectivity index (χ2n) is 11.6. The van der Waals surface area contributed by atoms with E-state index in [1.165, 1.54) is 122 Å². The van der Waals surface area contributed by atoms with Gasteiger partial charge in [0.1, 0.15) is 6.61 Å². The Morgan fingerprint density at radius 3 is 1.51 bits per heavy atom. The molecule has 0 aromatic carbocycles. The van der Waals surface area contributed by atoms with Gasteiger partial charge in [-0.2, -0.15) is 0 Å². The van der Waals surface area contributed by atoms with Gasteiger partial charge in [0.05, 0.1) is 18.6 Å². The summed E-state index contributed by atoms with van der Waals surface area (Å²) < 4.78 is 11.4. The second-order valence-corrected chi connectivity index (χ2v) is 11.6. The molecule has 0 rings (SSSR count). The number of hydrogen-bond donors (Lipinski definition) is 1. The summed E-state index contributed by atoms with van der Waals surface area (Å²) in [7, 11) is 0. The molecule has 0 aliphatic rings. The zero-order valence-corrected chi connectivity index (χ0v) is 25.6. The largest absolute Gasteiger partial charge is 0.463 e. The van der Waals surface area contributed by atoms with Gasteiger partial charge in [-0.05, 0) is 25.7 Å². The molecular weight excluding hydrogens is 460 g/mol. The van der Waals surface area contributed by atoms with Crippen molar-refractivity contribution in [3.8, 4) is 0 Å².